The second-order valence-corrected chi connectivity index (χ2v) is 4.29. The largest absolute Gasteiger partial charge is 0.324 e. The lowest BCUT2D eigenvalue weighted by atomic mass is 10.1. The molecule has 0 saturated carbocycles. The second kappa shape index (κ2) is 4.72. The van der Waals surface area contributed by atoms with Gasteiger partial charge >= 0.3 is 0 Å². The van der Waals surface area contributed by atoms with Gasteiger partial charge in [-0.15, -0.1) is 0 Å². The first-order chi connectivity index (χ1) is 9.63. The standard InChI is InChI=1S/C12H10FN5O2/c13-7-1-3-8(4-2-7)16-11(20)9-5-10(19)17-12-14-6-15-18(9)12/h1-4,6,9H,5H2,(H,16,20)(H,14,15,17,19)/t9-/m0/s1. The summed E-state index contributed by atoms with van der Waals surface area (Å²) in [5, 5.41) is 9.05. The van der Waals surface area contributed by atoms with Gasteiger partial charge in [0.25, 0.3) is 0 Å². The summed E-state index contributed by atoms with van der Waals surface area (Å²) >= 11 is 0. The van der Waals surface area contributed by atoms with Crippen LogP contribution in [0.4, 0.5) is 16.0 Å². The number of carbonyl (C=O) groups excluding carboxylic acids is 2. The Bertz CT molecular complexity index is 667. The summed E-state index contributed by atoms with van der Waals surface area (Å²) in [6.45, 7) is 0. The minimum atomic E-state index is -0.772. The smallest absolute Gasteiger partial charge is 0.249 e. The summed E-state index contributed by atoms with van der Waals surface area (Å²) in [4.78, 5) is 27.5. The number of rotatable bonds is 2. The minimum absolute atomic E-state index is 0.0244. The molecule has 3 rings (SSSR count). The number of aromatic nitrogens is 3. The quantitative estimate of drug-likeness (QED) is 0.853. The predicted octanol–water partition coefficient (Wildman–Crippen LogP) is 0.939. The molecule has 1 aromatic carbocycles. The van der Waals surface area contributed by atoms with Crippen molar-refractivity contribution in [2.45, 2.75) is 12.5 Å². The lowest BCUT2D eigenvalue weighted by Crippen LogP contribution is -2.35. The van der Waals surface area contributed by atoms with Crippen molar-refractivity contribution in [3.63, 3.8) is 0 Å². The van der Waals surface area contributed by atoms with Crippen LogP contribution in [0.3, 0.4) is 0 Å². The monoisotopic (exact) mass is 275 g/mol. The van der Waals surface area contributed by atoms with E-state index < -0.39 is 17.8 Å². The fraction of sp³-hybridized carbons (Fsp3) is 0.167. The zero-order valence-electron chi connectivity index (χ0n) is 10.2. The Kier molecular flexibility index (Phi) is 2.90. The average Bonchev–Trinajstić information content (AvgIpc) is 2.88. The van der Waals surface area contributed by atoms with Crippen LogP contribution in [0, 0.1) is 5.82 Å². The van der Waals surface area contributed by atoms with E-state index in [1.54, 1.807) is 0 Å². The molecule has 0 saturated heterocycles. The van der Waals surface area contributed by atoms with E-state index in [4.69, 9.17) is 0 Å². The molecule has 102 valence electrons. The van der Waals surface area contributed by atoms with Crippen LogP contribution in [0.5, 0.6) is 0 Å². The van der Waals surface area contributed by atoms with Gasteiger partial charge in [0, 0.05) is 5.69 Å². The molecular weight excluding hydrogens is 265 g/mol. The molecule has 7 nitrogen and oxygen atoms in total. The summed E-state index contributed by atoms with van der Waals surface area (Å²) in [6.07, 6.45) is 1.24. The highest BCUT2D eigenvalue weighted by Gasteiger charge is 2.31. The number of nitrogens with one attached hydrogen (secondary N) is 2. The lowest BCUT2D eigenvalue weighted by molar-refractivity contribution is -0.125. The Labute approximate surface area is 112 Å². The van der Waals surface area contributed by atoms with Gasteiger partial charge in [0.05, 0.1) is 6.42 Å². The Morgan fingerprint density at radius 3 is 2.90 bits per heavy atom. The van der Waals surface area contributed by atoms with Crippen LogP contribution in [0.2, 0.25) is 0 Å². The van der Waals surface area contributed by atoms with Crippen molar-refractivity contribution in [2.24, 2.45) is 0 Å². The normalized spacial score (nSPS) is 17.2. The van der Waals surface area contributed by atoms with E-state index in [0.29, 0.717) is 5.69 Å². The summed E-state index contributed by atoms with van der Waals surface area (Å²) in [5.74, 6) is -0.859. The van der Waals surface area contributed by atoms with E-state index in [2.05, 4.69) is 20.7 Å². The number of amides is 2. The highest BCUT2D eigenvalue weighted by molar-refractivity contribution is 6.00. The zero-order valence-corrected chi connectivity index (χ0v) is 10.2. The predicted molar refractivity (Wildman–Crippen MR) is 67.3 cm³/mol. The van der Waals surface area contributed by atoms with E-state index in [1.165, 1.54) is 35.3 Å². The minimum Gasteiger partial charge on any atom is -0.324 e. The van der Waals surface area contributed by atoms with Crippen LogP contribution < -0.4 is 10.6 Å². The molecule has 2 heterocycles. The van der Waals surface area contributed by atoms with Gasteiger partial charge < -0.3 is 5.32 Å². The van der Waals surface area contributed by atoms with Crippen molar-refractivity contribution >= 4 is 23.5 Å². The first-order valence-corrected chi connectivity index (χ1v) is 5.89. The van der Waals surface area contributed by atoms with Crippen LogP contribution in [-0.4, -0.2) is 26.6 Å². The van der Waals surface area contributed by atoms with E-state index in [9.17, 15) is 14.0 Å². The van der Waals surface area contributed by atoms with E-state index in [-0.39, 0.29) is 18.3 Å². The Morgan fingerprint density at radius 1 is 1.40 bits per heavy atom. The van der Waals surface area contributed by atoms with Crippen molar-refractivity contribution in [3.05, 3.63) is 36.4 Å². The third kappa shape index (κ3) is 2.22. The summed E-state index contributed by atoms with van der Waals surface area (Å²) < 4.78 is 14.1. The molecule has 2 N–H and O–H groups in total. The third-order valence-corrected chi connectivity index (χ3v) is 2.91. The molecule has 2 aromatic rings. The van der Waals surface area contributed by atoms with Crippen LogP contribution in [0.25, 0.3) is 0 Å². The number of hydrogen-bond donors (Lipinski definition) is 2. The molecule has 0 bridgehead atoms. The molecule has 1 atom stereocenters. The summed E-state index contributed by atoms with van der Waals surface area (Å²) in [7, 11) is 0. The van der Waals surface area contributed by atoms with Crippen molar-refractivity contribution in [1.82, 2.24) is 14.8 Å². The molecule has 20 heavy (non-hydrogen) atoms. The van der Waals surface area contributed by atoms with E-state index >= 15 is 0 Å². The number of nitrogens with zero attached hydrogens (tertiary/aromatic N) is 3. The van der Waals surface area contributed by atoms with Gasteiger partial charge in [-0.05, 0) is 24.3 Å². The van der Waals surface area contributed by atoms with E-state index in [0.717, 1.165) is 0 Å². The molecule has 2 amide bonds. The highest BCUT2D eigenvalue weighted by Crippen LogP contribution is 2.23. The van der Waals surface area contributed by atoms with Gasteiger partial charge in [-0.1, -0.05) is 0 Å². The van der Waals surface area contributed by atoms with Crippen molar-refractivity contribution in [3.8, 4) is 0 Å². The van der Waals surface area contributed by atoms with Crippen LogP contribution >= 0.6 is 0 Å². The highest BCUT2D eigenvalue weighted by atomic mass is 19.1. The summed E-state index contributed by atoms with van der Waals surface area (Å²) in [6, 6.07) is 4.59. The molecule has 0 fully saturated rings. The molecule has 1 aliphatic heterocycles. The topological polar surface area (TPSA) is 88.9 Å². The number of hydrogen-bond acceptors (Lipinski definition) is 4. The van der Waals surface area contributed by atoms with Crippen LogP contribution in [-0.2, 0) is 9.59 Å². The zero-order chi connectivity index (χ0) is 14.1. The first kappa shape index (κ1) is 12.3. The lowest BCUT2D eigenvalue weighted by Gasteiger charge is -2.22. The molecule has 0 spiro atoms. The van der Waals surface area contributed by atoms with Crippen molar-refractivity contribution < 1.29 is 14.0 Å². The van der Waals surface area contributed by atoms with Gasteiger partial charge in [-0.2, -0.15) is 10.1 Å². The molecule has 0 aliphatic carbocycles. The van der Waals surface area contributed by atoms with E-state index in [1.807, 2.05) is 0 Å². The molecule has 0 unspecified atom stereocenters. The molecule has 1 aliphatic rings. The van der Waals surface area contributed by atoms with Gasteiger partial charge in [0.1, 0.15) is 18.2 Å². The third-order valence-electron chi connectivity index (χ3n) is 2.91. The van der Waals surface area contributed by atoms with Gasteiger partial charge in [-0.25, -0.2) is 9.07 Å². The molecule has 8 heteroatoms. The molecule has 1 aromatic heterocycles. The number of halogens is 1. The van der Waals surface area contributed by atoms with Crippen LogP contribution in [0.15, 0.2) is 30.6 Å². The number of fused-ring (bicyclic) bond motifs is 1. The Balaban J connectivity index is 1.81. The fourth-order valence-electron chi connectivity index (χ4n) is 1.97. The Morgan fingerprint density at radius 2 is 2.15 bits per heavy atom. The van der Waals surface area contributed by atoms with Crippen molar-refractivity contribution in [1.29, 1.82) is 0 Å². The maximum atomic E-state index is 12.8. The first-order valence-electron chi connectivity index (χ1n) is 5.89. The Hall–Kier alpha value is -2.77. The van der Waals surface area contributed by atoms with Gasteiger partial charge in [0.15, 0.2) is 0 Å². The van der Waals surface area contributed by atoms with Gasteiger partial charge in [-0.3, -0.25) is 14.9 Å². The van der Waals surface area contributed by atoms with Crippen molar-refractivity contribution in [2.75, 3.05) is 10.6 Å². The average molecular weight is 275 g/mol. The molecule has 0 radical (unpaired) electrons. The maximum absolute atomic E-state index is 12.8. The molecular formula is C12H10FN5O2. The number of anilines is 2. The van der Waals surface area contributed by atoms with Gasteiger partial charge in [0.2, 0.25) is 17.8 Å². The fourth-order valence-corrected chi connectivity index (χ4v) is 1.97. The maximum Gasteiger partial charge on any atom is 0.249 e. The summed E-state index contributed by atoms with van der Waals surface area (Å²) in [5.41, 5.74) is 0.448. The number of benzene rings is 1. The SMILES string of the molecule is O=C1C[C@@H](C(=O)Nc2ccc(F)cc2)n2ncnc2N1. The van der Waals surface area contributed by atoms with Crippen LogP contribution in [0.1, 0.15) is 12.5 Å². The second-order valence-electron chi connectivity index (χ2n) is 4.29. The number of carbonyl (C=O) groups is 2.